The van der Waals surface area contributed by atoms with Crippen molar-refractivity contribution >= 4 is 32.3 Å². The third-order valence-electron chi connectivity index (χ3n) is 3.92. The SMILES string of the molecule is Cc1cc(=O)n2nc(COC(=O)c3cc(S(=O)(=O)NC(C)(C)C)ccc3C)sc2n1. The van der Waals surface area contributed by atoms with Crippen molar-refractivity contribution in [3.63, 3.8) is 0 Å². The van der Waals surface area contributed by atoms with Gasteiger partial charge in [-0.1, -0.05) is 17.4 Å². The summed E-state index contributed by atoms with van der Waals surface area (Å²) in [4.78, 5) is 29.1. The zero-order chi connectivity index (χ0) is 22.3. The van der Waals surface area contributed by atoms with Gasteiger partial charge in [-0.15, -0.1) is 0 Å². The molecule has 0 aliphatic carbocycles. The van der Waals surface area contributed by atoms with Crippen LogP contribution in [0.25, 0.3) is 4.96 Å². The molecule has 1 N–H and O–H groups in total. The maximum atomic E-state index is 12.6. The molecule has 3 aromatic rings. The van der Waals surface area contributed by atoms with E-state index in [2.05, 4.69) is 14.8 Å². The van der Waals surface area contributed by atoms with Crippen LogP contribution in [-0.2, 0) is 21.4 Å². The van der Waals surface area contributed by atoms with Gasteiger partial charge in [-0.25, -0.2) is 22.9 Å². The largest absolute Gasteiger partial charge is 0.455 e. The first-order valence-electron chi connectivity index (χ1n) is 9.04. The van der Waals surface area contributed by atoms with Crippen LogP contribution in [0.4, 0.5) is 0 Å². The van der Waals surface area contributed by atoms with E-state index in [1.54, 1.807) is 40.7 Å². The number of benzene rings is 1. The number of aromatic nitrogens is 3. The summed E-state index contributed by atoms with van der Waals surface area (Å²) in [5.41, 5.74) is 0.310. The van der Waals surface area contributed by atoms with E-state index in [9.17, 15) is 18.0 Å². The van der Waals surface area contributed by atoms with Crippen LogP contribution in [-0.4, -0.2) is 34.5 Å². The number of carbonyl (C=O) groups excluding carboxylic acids is 1. The Balaban J connectivity index is 1.82. The summed E-state index contributed by atoms with van der Waals surface area (Å²) in [5, 5.41) is 4.51. The topological polar surface area (TPSA) is 120 Å². The number of esters is 1. The highest BCUT2D eigenvalue weighted by atomic mass is 32.2. The number of carbonyl (C=O) groups is 1. The minimum atomic E-state index is -3.80. The number of rotatable bonds is 5. The molecule has 0 atom stereocenters. The average Bonchev–Trinajstić information content (AvgIpc) is 3.01. The molecule has 0 unspecified atom stereocenters. The lowest BCUT2D eigenvalue weighted by Crippen LogP contribution is -2.40. The van der Waals surface area contributed by atoms with E-state index < -0.39 is 21.5 Å². The van der Waals surface area contributed by atoms with Crippen molar-refractivity contribution in [3.8, 4) is 0 Å². The molecule has 0 radical (unpaired) electrons. The highest BCUT2D eigenvalue weighted by Crippen LogP contribution is 2.20. The Morgan fingerprint density at radius 2 is 1.93 bits per heavy atom. The first-order chi connectivity index (χ1) is 13.9. The van der Waals surface area contributed by atoms with E-state index in [1.165, 1.54) is 18.2 Å². The number of fused-ring (bicyclic) bond motifs is 1. The van der Waals surface area contributed by atoms with Gasteiger partial charge in [-0.05, 0) is 52.3 Å². The molecule has 11 heteroatoms. The van der Waals surface area contributed by atoms with Crippen molar-refractivity contribution in [1.82, 2.24) is 19.3 Å². The van der Waals surface area contributed by atoms with Crippen LogP contribution < -0.4 is 10.3 Å². The molecule has 0 aliphatic rings. The van der Waals surface area contributed by atoms with Crippen LogP contribution >= 0.6 is 11.3 Å². The minimum absolute atomic E-state index is 0.0267. The predicted octanol–water partition coefficient (Wildman–Crippen LogP) is 2.20. The number of aryl methyl sites for hydroxylation is 2. The van der Waals surface area contributed by atoms with Crippen molar-refractivity contribution < 1.29 is 17.9 Å². The molecule has 30 heavy (non-hydrogen) atoms. The van der Waals surface area contributed by atoms with Gasteiger partial charge in [-0.3, -0.25) is 4.79 Å². The zero-order valence-corrected chi connectivity index (χ0v) is 18.8. The number of hydrogen-bond acceptors (Lipinski definition) is 8. The summed E-state index contributed by atoms with van der Waals surface area (Å²) < 4.78 is 34.1. The van der Waals surface area contributed by atoms with Crippen LogP contribution in [0.2, 0.25) is 0 Å². The van der Waals surface area contributed by atoms with Gasteiger partial charge in [0.2, 0.25) is 15.0 Å². The predicted molar refractivity (Wildman–Crippen MR) is 112 cm³/mol. The van der Waals surface area contributed by atoms with E-state index in [0.717, 1.165) is 15.9 Å². The van der Waals surface area contributed by atoms with Crippen LogP contribution in [0.3, 0.4) is 0 Å². The lowest BCUT2D eigenvalue weighted by atomic mass is 10.1. The molecule has 1 aromatic carbocycles. The number of hydrogen-bond donors (Lipinski definition) is 1. The van der Waals surface area contributed by atoms with E-state index in [1.807, 2.05) is 0 Å². The minimum Gasteiger partial charge on any atom is -0.455 e. The Bertz CT molecular complexity index is 1290. The molecule has 0 amide bonds. The fraction of sp³-hybridized carbons (Fsp3) is 0.368. The number of nitrogens with one attached hydrogen (secondary N) is 1. The van der Waals surface area contributed by atoms with E-state index in [4.69, 9.17) is 4.74 Å². The normalized spacial score (nSPS) is 12.3. The van der Waals surface area contributed by atoms with Gasteiger partial charge in [0.05, 0.1) is 10.5 Å². The van der Waals surface area contributed by atoms with E-state index >= 15 is 0 Å². The van der Waals surface area contributed by atoms with Crippen molar-refractivity contribution in [2.45, 2.75) is 51.7 Å². The third-order valence-corrected chi connectivity index (χ3v) is 6.56. The molecule has 2 aromatic heterocycles. The summed E-state index contributed by atoms with van der Waals surface area (Å²) in [6.07, 6.45) is 0. The Morgan fingerprint density at radius 1 is 1.23 bits per heavy atom. The highest BCUT2D eigenvalue weighted by Gasteiger charge is 2.24. The van der Waals surface area contributed by atoms with Crippen molar-refractivity contribution in [1.29, 1.82) is 0 Å². The summed E-state index contributed by atoms with van der Waals surface area (Å²) >= 11 is 1.14. The summed E-state index contributed by atoms with van der Waals surface area (Å²) in [6.45, 7) is 8.42. The molecule has 0 bridgehead atoms. The van der Waals surface area contributed by atoms with Gasteiger partial charge >= 0.3 is 5.97 Å². The monoisotopic (exact) mass is 450 g/mol. The Labute approximate surface area is 177 Å². The summed E-state index contributed by atoms with van der Waals surface area (Å²) in [6, 6.07) is 5.65. The first kappa shape index (κ1) is 22.1. The first-order valence-corrected chi connectivity index (χ1v) is 11.3. The molecule has 0 saturated carbocycles. The molecule has 0 saturated heterocycles. The fourth-order valence-electron chi connectivity index (χ4n) is 2.67. The fourth-order valence-corrected chi connectivity index (χ4v) is 4.98. The molecule has 9 nitrogen and oxygen atoms in total. The maximum Gasteiger partial charge on any atom is 0.338 e. The van der Waals surface area contributed by atoms with Crippen molar-refractivity contribution in [2.24, 2.45) is 0 Å². The Morgan fingerprint density at radius 3 is 2.60 bits per heavy atom. The quantitative estimate of drug-likeness (QED) is 0.592. The molecule has 0 fully saturated rings. The highest BCUT2D eigenvalue weighted by molar-refractivity contribution is 7.89. The standard InChI is InChI=1S/C19H22N4O5S2/c1-11-6-7-13(30(26,27)22-19(3,4)5)9-14(11)17(25)28-10-15-21-23-16(24)8-12(2)20-18(23)29-15/h6-9,22H,10H2,1-5H3. The number of sulfonamides is 1. The van der Waals surface area contributed by atoms with Gasteiger partial charge in [0.25, 0.3) is 5.56 Å². The lowest BCUT2D eigenvalue weighted by Gasteiger charge is -2.20. The van der Waals surface area contributed by atoms with Crippen molar-refractivity contribution in [2.75, 3.05) is 0 Å². The number of ether oxygens (including phenoxy) is 1. The second-order valence-corrected chi connectivity index (χ2v) is 10.6. The molecular weight excluding hydrogens is 428 g/mol. The molecule has 160 valence electrons. The summed E-state index contributed by atoms with van der Waals surface area (Å²) in [5.74, 6) is -0.684. The maximum absolute atomic E-state index is 12.6. The van der Waals surface area contributed by atoms with E-state index in [-0.39, 0.29) is 22.6 Å². The molecular formula is C19H22N4O5S2. The van der Waals surface area contributed by atoms with Gasteiger partial charge in [0.1, 0.15) is 6.61 Å². The van der Waals surface area contributed by atoms with Crippen LogP contribution in [0, 0.1) is 13.8 Å². The van der Waals surface area contributed by atoms with Gasteiger partial charge in [0, 0.05) is 17.3 Å². The second-order valence-electron chi connectivity index (χ2n) is 7.83. The van der Waals surface area contributed by atoms with Gasteiger partial charge in [0.15, 0.2) is 5.01 Å². The molecule has 2 heterocycles. The van der Waals surface area contributed by atoms with Crippen LogP contribution in [0.15, 0.2) is 34.0 Å². The third kappa shape index (κ3) is 4.91. The summed E-state index contributed by atoms with van der Waals surface area (Å²) in [7, 11) is -3.80. The molecule has 0 aliphatic heterocycles. The Hall–Kier alpha value is -2.63. The Kier molecular flexibility index (Phi) is 5.81. The molecule has 3 rings (SSSR count). The zero-order valence-electron chi connectivity index (χ0n) is 17.2. The van der Waals surface area contributed by atoms with Gasteiger partial charge in [-0.2, -0.15) is 9.61 Å². The lowest BCUT2D eigenvalue weighted by molar-refractivity contribution is 0.0470. The van der Waals surface area contributed by atoms with Gasteiger partial charge < -0.3 is 4.74 Å². The van der Waals surface area contributed by atoms with Crippen LogP contribution in [0.5, 0.6) is 0 Å². The second kappa shape index (κ2) is 7.89. The average molecular weight is 451 g/mol. The van der Waals surface area contributed by atoms with Crippen LogP contribution in [0.1, 0.15) is 47.4 Å². The molecule has 0 spiro atoms. The van der Waals surface area contributed by atoms with E-state index in [0.29, 0.717) is 21.2 Å². The van der Waals surface area contributed by atoms with Crippen molar-refractivity contribution in [3.05, 3.63) is 56.4 Å². The number of nitrogens with zero attached hydrogens (tertiary/aromatic N) is 3. The smallest absolute Gasteiger partial charge is 0.338 e.